The van der Waals surface area contributed by atoms with Crippen LogP contribution in [0, 0.1) is 0 Å². The standard InChI is InChI=1S/C20H20N6O5S.C2HF3O2/c1-13-6-8-25(13)19(27)14-3-2-4-17(9-14)32(30,31)22-11-15-12-26(24-23-15)16-5-7-21-18(10-16)20(28)29;3-2(4,5)1(6)7/h2-5,7,9-10,12-13,22H,6,8,11H2,1H3,(H,28,29);(H,6,7)/t13-;/m0./s1. The number of halogens is 3. The largest absolute Gasteiger partial charge is 0.490 e. The summed E-state index contributed by atoms with van der Waals surface area (Å²) in [6.45, 7) is 2.47. The van der Waals surface area contributed by atoms with Crippen molar-refractivity contribution < 1.29 is 46.2 Å². The number of carbonyl (C=O) groups is 3. The SMILES string of the molecule is C[C@H]1CCN1C(=O)c1cccc(S(=O)(=O)NCc2cn(-c3ccnc(C(=O)O)c3)nn2)c1.O=C(O)C(F)(F)F. The van der Waals surface area contributed by atoms with Crippen LogP contribution in [-0.4, -0.2) is 80.1 Å². The van der Waals surface area contributed by atoms with Gasteiger partial charge in [0, 0.05) is 24.3 Å². The second-order valence-electron chi connectivity index (χ2n) is 8.15. The molecule has 1 aliphatic rings. The van der Waals surface area contributed by atoms with Crippen LogP contribution in [0.15, 0.2) is 53.7 Å². The molecule has 1 aliphatic heterocycles. The lowest BCUT2D eigenvalue weighted by atomic mass is 10.0. The second-order valence-corrected chi connectivity index (χ2v) is 9.92. The van der Waals surface area contributed by atoms with Crippen molar-refractivity contribution in [2.24, 2.45) is 0 Å². The van der Waals surface area contributed by atoms with Crippen LogP contribution < -0.4 is 4.72 Å². The number of aromatic carboxylic acids is 1. The van der Waals surface area contributed by atoms with E-state index in [1.165, 1.54) is 41.3 Å². The van der Waals surface area contributed by atoms with Gasteiger partial charge >= 0.3 is 18.1 Å². The Balaban J connectivity index is 0.000000532. The van der Waals surface area contributed by atoms with Gasteiger partial charge in [0.25, 0.3) is 5.91 Å². The zero-order chi connectivity index (χ0) is 29.0. The van der Waals surface area contributed by atoms with Gasteiger partial charge in [-0.2, -0.15) is 13.2 Å². The number of amides is 1. The van der Waals surface area contributed by atoms with Crippen molar-refractivity contribution in [1.29, 1.82) is 0 Å². The number of alkyl halides is 3. The molecule has 1 atom stereocenters. The van der Waals surface area contributed by atoms with Gasteiger partial charge in [0.15, 0.2) is 0 Å². The molecular weight excluding hydrogens is 549 g/mol. The Hall–Kier alpha value is -4.38. The highest BCUT2D eigenvalue weighted by Gasteiger charge is 2.38. The van der Waals surface area contributed by atoms with E-state index >= 15 is 0 Å². The normalized spacial score (nSPS) is 15.1. The number of aliphatic carboxylic acids is 1. The van der Waals surface area contributed by atoms with Gasteiger partial charge in [-0.25, -0.2) is 32.4 Å². The average Bonchev–Trinajstić information content (AvgIpc) is 3.36. The van der Waals surface area contributed by atoms with Crippen LogP contribution >= 0.6 is 0 Å². The van der Waals surface area contributed by atoms with E-state index in [0.29, 0.717) is 23.5 Å². The molecule has 1 saturated heterocycles. The van der Waals surface area contributed by atoms with Crippen molar-refractivity contribution in [2.75, 3.05) is 6.54 Å². The van der Waals surface area contributed by atoms with Crippen molar-refractivity contribution in [3.63, 3.8) is 0 Å². The molecule has 17 heteroatoms. The van der Waals surface area contributed by atoms with Gasteiger partial charge in [-0.15, -0.1) is 5.10 Å². The summed E-state index contributed by atoms with van der Waals surface area (Å²) in [6.07, 6.45) is -1.34. The molecular formula is C22H21F3N6O7S. The van der Waals surface area contributed by atoms with Crippen LogP contribution in [0.2, 0.25) is 0 Å². The number of aromatic nitrogens is 4. The zero-order valence-corrected chi connectivity index (χ0v) is 20.8. The van der Waals surface area contributed by atoms with Crippen LogP contribution in [0.3, 0.4) is 0 Å². The maximum atomic E-state index is 12.7. The number of carboxylic acids is 2. The molecule has 0 radical (unpaired) electrons. The molecule has 3 heterocycles. The molecule has 1 aromatic carbocycles. The number of benzene rings is 1. The third-order valence-corrected chi connectivity index (χ3v) is 6.82. The number of carboxylic acid groups (broad SMARTS) is 2. The summed E-state index contributed by atoms with van der Waals surface area (Å²) in [7, 11) is -3.90. The minimum atomic E-state index is -5.08. The van der Waals surface area contributed by atoms with Gasteiger partial charge in [0.05, 0.1) is 29.0 Å². The molecule has 4 rings (SSSR count). The topological polar surface area (TPSA) is 185 Å². The summed E-state index contributed by atoms with van der Waals surface area (Å²) in [5, 5.41) is 24.0. The van der Waals surface area contributed by atoms with Crippen molar-refractivity contribution in [2.45, 2.75) is 37.0 Å². The van der Waals surface area contributed by atoms with E-state index in [1.807, 2.05) is 6.92 Å². The molecule has 3 aromatic rings. The summed E-state index contributed by atoms with van der Waals surface area (Å²) >= 11 is 0. The first-order valence-electron chi connectivity index (χ1n) is 11.0. The monoisotopic (exact) mass is 570 g/mol. The number of nitrogens with one attached hydrogen (secondary N) is 1. The van der Waals surface area contributed by atoms with E-state index in [4.69, 9.17) is 15.0 Å². The molecule has 13 nitrogen and oxygen atoms in total. The van der Waals surface area contributed by atoms with E-state index in [9.17, 15) is 31.2 Å². The Bertz CT molecular complexity index is 1490. The summed E-state index contributed by atoms with van der Waals surface area (Å²) in [5.41, 5.74) is 0.911. The number of pyridine rings is 1. The molecule has 208 valence electrons. The van der Waals surface area contributed by atoms with E-state index < -0.39 is 28.1 Å². The number of rotatable bonds is 7. The number of hydrogen-bond acceptors (Lipinski definition) is 8. The zero-order valence-electron chi connectivity index (χ0n) is 20.0. The van der Waals surface area contributed by atoms with Crippen LogP contribution in [0.25, 0.3) is 5.69 Å². The van der Waals surface area contributed by atoms with Crippen LogP contribution in [0.4, 0.5) is 13.2 Å². The first-order chi connectivity index (χ1) is 18.2. The fraction of sp³-hybridized carbons (Fsp3) is 0.273. The predicted octanol–water partition coefficient (Wildman–Crippen LogP) is 1.71. The minimum absolute atomic E-state index is 0.0239. The number of hydrogen-bond donors (Lipinski definition) is 3. The molecule has 0 saturated carbocycles. The van der Waals surface area contributed by atoms with Gasteiger partial charge < -0.3 is 15.1 Å². The third-order valence-electron chi connectivity index (χ3n) is 5.43. The van der Waals surface area contributed by atoms with Gasteiger partial charge in [0.1, 0.15) is 5.69 Å². The summed E-state index contributed by atoms with van der Waals surface area (Å²) in [5.74, 6) is -4.13. The van der Waals surface area contributed by atoms with Crippen molar-refractivity contribution in [1.82, 2.24) is 29.6 Å². The van der Waals surface area contributed by atoms with Crippen molar-refractivity contribution in [3.05, 3.63) is 65.7 Å². The molecule has 3 N–H and O–H groups in total. The van der Waals surface area contributed by atoms with E-state index in [0.717, 1.165) is 6.42 Å². The van der Waals surface area contributed by atoms with Gasteiger partial charge in [-0.3, -0.25) is 4.79 Å². The van der Waals surface area contributed by atoms with E-state index in [-0.39, 0.29) is 29.1 Å². The molecule has 0 unspecified atom stereocenters. The molecule has 0 bridgehead atoms. The van der Waals surface area contributed by atoms with Gasteiger partial charge in [0.2, 0.25) is 10.0 Å². The van der Waals surface area contributed by atoms with E-state index in [2.05, 4.69) is 20.0 Å². The number of likely N-dealkylation sites (tertiary alicyclic amines) is 1. The summed E-state index contributed by atoms with van der Waals surface area (Å²) in [4.78, 5) is 37.9. The minimum Gasteiger partial charge on any atom is -0.477 e. The highest BCUT2D eigenvalue weighted by atomic mass is 32.2. The van der Waals surface area contributed by atoms with E-state index in [1.54, 1.807) is 17.0 Å². The van der Waals surface area contributed by atoms with Crippen molar-refractivity contribution >= 4 is 27.9 Å². The predicted molar refractivity (Wildman–Crippen MR) is 125 cm³/mol. The third kappa shape index (κ3) is 7.35. The maximum Gasteiger partial charge on any atom is 0.490 e. The number of carbonyl (C=O) groups excluding carboxylic acids is 1. The Morgan fingerprint density at radius 1 is 1.15 bits per heavy atom. The quantitative estimate of drug-likeness (QED) is 0.378. The lowest BCUT2D eigenvalue weighted by molar-refractivity contribution is -0.192. The average molecular weight is 571 g/mol. The Labute approximate surface area is 218 Å². The lowest BCUT2D eigenvalue weighted by Gasteiger charge is -2.38. The first kappa shape index (κ1) is 29.2. The molecule has 0 spiro atoms. The Kier molecular flexibility index (Phi) is 8.65. The molecule has 0 aliphatic carbocycles. The highest BCUT2D eigenvalue weighted by molar-refractivity contribution is 7.89. The first-order valence-corrected chi connectivity index (χ1v) is 12.5. The second kappa shape index (κ2) is 11.6. The highest BCUT2D eigenvalue weighted by Crippen LogP contribution is 2.21. The smallest absolute Gasteiger partial charge is 0.477 e. The maximum absolute atomic E-state index is 12.7. The molecule has 1 fully saturated rings. The fourth-order valence-electron chi connectivity index (χ4n) is 3.22. The molecule has 39 heavy (non-hydrogen) atoms. The van der Waals surface area contributed by atoms with Gasteiger partial charge in [-0.05, 0) is 43.7 Å². The fourth-order valence-corrected chi connectivity index (χ4v) is 4.26. The van der Waals surface area contributed by atoms with Crippen LogP contribution in [0.1, 0.15) is 39.9 Å². The Morgan fingerprint density at radius 3 is 2.41 bits per heavy atom. The van der Waals surface area contributed by atoms with Gasteiger partial charge in [-0.1, -0.05) is 11.3 Å². The summed E-state index contributed by atoms with van der Waals surface area (Å²) < 4.78 is 61.0. The van der Waals surface area contributed by atoms with Crippen LogP contribution in [-0.2, 0) is 21.4 Å². The van der Waals surface area contributed by atoms with Crippen molar-refractivity contribution in [3.8, 4) is 5.69 Å². The number of sulfonamides is 1. The lowest BCUT2D eigenvalue weighted by Crippen LogP contribution is -2.49. The molecule has 2 aromatic heterocycles. The Morgan fingerprint density at radius 2 is 1.85 bits per heavy atom. The number of nitrogens with zero attached hydrogens (tertiary/aromatic N) is 5. The molecule has 1 amide bonds. The summed E-state index contributed by atoms with van der Waals surface area (Å²) in [6, 6.07) is 8.93. The van der Waals surface area contributed by atoms with Crippen LogP contribution in [0.5, 0.6) is 0 Å².